The number of carbonyl (C=O) groups excluding carboxylic acids is 1. The summed E-state index contributed by atoms with van der Waals surface area (Å²) in [6, 6.07) is 12.3. The van der Waals surface area contributed by atoms with Crippen LogP contribution in [-0.4, -0.2) is 27.8 Å². The number of nitrogens with zero attached hydrogens (tertiary/aromatic N) is 3. The lowest BCUT2D eigenvalue weighted by Gasteiger charge is -2.11. The molecule has 2 heterocycles. The zero-order valence-corrected chi connectivity index (χ0v) is 15.5. The maximum absolute atomic E-state index is 12.9. The molecular formula is C21H20N4O3. The molecule has 0 aliphatic heterocycles. The van der Waals surface area contributed by atoms with Crippen molar-refractivity contribution in [2.45, 2.75) is 19.4 Å². The minimum absolute atomic E-state index is 0.0679. The quantitative estimate of drug-likeness (QED) is 0.715. The fourth-order valence-electron chi connectivity index (χ4n) is 2.91. The highest BCUT2D eigenvalue weighted by Gasteiger charge is 2.25. The number of pyridine rings is 1. The largest absolute Gasteiger partial charge is 0.497 e. The molecule has 7 nitrogen and oxygen atoms in total. The Bertz CT molecular complexity index is 1040. The Morgan fingerprint density at radius 1 is 1.18 bits per heavy atom. The van der Waals surface area contributed by atoms with Gasteiger partial charge in [0.05, 0.1) is 12.8 Å². The summed E-state index contributed by atoms with van der Waals surface area (Å²) in [7, 11) is 1.60. The van der Waals surface area contributed by atoms with Gasteiger partial charge in [-0.2, -0.15) is 5.10 Å². The van der Waals surface area contributed by atoms with Gasteiger partial charge in [-0.1, -0.05) is 0 Å². The average molecular weight is 376 g/mol. The molecule has 1 amide bonds. The van der Waals surface area contributed by atoms with Gasteiger partial charge >= 0.3 is 0 Å². The van der Waals surface area contributed by atoms with Crippen molar-refractivity contribution in [1.29, 1.82) is 0 Å². The molecule has 28 heavy (non-hydrogen) atoms. The van der Waals surface area contributed by atoms with Crippen LogP contribution in [0.25, 0.3) is 11.3 Å². The van der Waals surface area contributed by atoms with Crippen LogP contribution >= 0.6 is 0 Å². The molecule has 1 fully saturated rings. The maximum atomic E-state index is 12.9. The summed E-state index contributed by atoms with van der Waals surface area (Å²) < 4.78 is 6.61. The van der Waals surface area contributed by atoms with Gasteiger partial charge in [0.25, 0.3) is 11.5 Å². The van der Waals surface area contributed by atoms with E-state index in [4.69, 9.17) is 4.74 Å². The molecule has 0 atom stereocenters. The Morgan fingerprint density at radius 3 is 2.54 bits per heavy atom. The van der Waals surface area contributed by atoms with Crippen LogP contribution in [0.4, 0.5) is 5.69 Å². The number of hydrogen-bond donors (Lipinski definition) is 1. The number of methoxy groups -OCH3 is 1. The summed E-state index contributed by atoms with van der Waals surface area (Å²) in [6.45, 7) is 0.526. The molecule has 1 N–H and O–H groups in total. The third-order valence-electron chi connectivity index (χ3n) is 4.67. The van der Waals surface area contributed by atoms with Crippen molar-refractivity contribution in [2.75, 3.05) is 12.4 Å². The van der Waals surface area contributed by atoms with Crippen LogP contribution in [0.1, 0.15) is 23.2 Å². The Hall–Kier alpha value is -3.48. The summed E-state index contributed by atoms with van der Waals surface area (Å²) in [5, 5.41) is 7.25. The number of aromatic nitrogens is 3. The molecule has 1 saturated carbocycles. The molecule has 0 saturated heterocycles. The van der Waals surface area contributed by atoms with Crippen molar-refractivity contribution in [1.82, 2.24) is 14.8 Å². The van der Waals surface area contributed by atoms with Crippen LogP contribution in [-0.2, 0) is 6.54 Å². The van der Waals surface area contributed by atoms with Gasteiger partial charge in [0.1, 0.15) is 11.3 Å². The molecule has 1 aromatic carbocycles. The molecular weight excluding hydrogens is 356 g/mol. The summed E-state index contributed by atoms with van der Waals surface area (Å²) in [4.78, 5) is 29.6. The first kappa shape index (κ1) is 17.9. The van der Waals surface area contributed by atoms with Gasteiger partial charge in [-0.25, -0.2) is 4.68 Å². The highest BCUT2D eigenvalue weighted by atomic mass is 16.5. The van der Waals surface area contributed by atoms with Crippen molar-refractivity contribution >= 4 is 11.6 Å². The molecule has 0 unspecified atom stereocenters. The molecule has 1 aliphatic rings. The fourth-order valence-corrected chi connectivity index (χ4v) is 2.91. The van der Waals surface area contributed by atoms with E-state index in [0.29, 0.717) is 23.8 Å². The van der Waals surface area contributed by atoms with Crippen molar-refractivity contribution in [3.8, 4) is 17.0 Å². The second-order valence-corrected chi connectivity index (χ2v) is 6.79. The van der Waals surface area contributed by atoms with Crippen LogP contribution in [0.3, 0.4) is 0 Å². The molecule has 1 aliphatic carbocycles. The lowest BCUT2D eigenvalue weighted by molar-refractivity contribution is 0.102. The molecule has 2 aromatic heterocycles. The third-order valence-corrected chi connectivity index (χ3v) is 4.67. The Kier molecular flexibility index (Phi) is 4.89. The van der Waals surface area contributed by atoms with E-state index in [1.54, 1.807) is 37.7 Å². The van der Waals surface area contributed by atoms with E-state index in [-0.39, 0.29) is 11.1 Å². The fraction of sp³-hybridized carbons (Fsp3) is 0.238. The summed E-state index contributed by atoms with van der Waals surface area (Å²) in [5.74, 6) is 0.719. The molecule has 3 aromatic rings. The number of ether oxygens (including phenoxy) is 1. The van der Waals surface area contributed by atoms with E-state index in [2.05, 4.69) is 15.4 Å². The van der Waals surface area contributed by atoms with E-state index in [1.807, 2.05) is 24.3 Å². The zero-order chi connectivity index (χ0) is 19.5. The van der Waals surface area contributed by atoms with Gasteiger partial charge in [0, 0.05) is 30.2 Å². The lowest BCUT2D eigenvalue weighted by atomic mass is 10.1. The number of amides is 1. The first-order valence-corrected chi connectivity index (χ1v) is 9.12. The van der Waals surface area contributed by atoms with Crippen molar-refractivity contribution < 1.29 is 9.53 Å². The average Bonchev–Trinajstić information content (AvgIpc) is 3.54. The predicted molar refractivity (Wildman–Crippen MR) is 105 cm³/mol. The normalized spacial score (nSPS) is 13.2. The van der Waals surface area contributed by atoms with E-state index < -0.39 is 5.91 Å². The van der Waals surface area contributed by atoms with Crippen molar-refractivity contribution in [3.05, 3.63) is 70.8 Å². The minimum atomic E-state index is -0.460. The number of hydrogen-bond acceptors (Lipinski definition) is 5. The molecule has 4 rings (SSSR count). The minimum Gasteiger partial charge on any atom is -0.497 e. The number of benzene rings is 1. The standard InChI is InChI=1S/C21H20N4O3/c1-28-17-6-4-15(5-7-17)19-12-18(20(26)23-16-8-10-22-11-9-16)21(27)25(24-19)13-14-2-3-14/h4-12,14H,2-3,13H2,1H3,(H,22,23,26). The molecule has 142 valence electrons. The van der Waals surface area contributed by atoms with Crippen LogP contribution < -0.4 is 15.6 Å². The maximum Gasteiger partial charge on any atom is 0.279 e. The SMILES string of the molecule is COc1ccc(-c2cc(C(=O)Nc3ccncc3)c(=O)n(CC3CC3)n2)cc1. The highest BCUT2D eigenvalue weighted by molar-refractivity contribution is 6.04. The van der Waals surface area contributed by atoms with Gasteiger partial charge in [-0.3, -0.25) is 14.6 Å². The van der Waals surface area contributed by atoms with Crippen molar-refractivity contribution in [3.63, 3.8) is 0 Å². The van der Waals surface area contributed by atoms with Crippen LogP contribution in [0, 0.1) is 5.92 Å². The monoisotopic (exact) mass is 376 g/mol. The van der Waals surface area contributed by atoms with E-state index in [0.717, 1.165) is 24.2 Å². The van der Waals surface area contributed by atoms with Crippen molar-refractivity contribution in [2.24, 2.45) is 5.92 Å². The predicted octanol–water partition coefficient (Wildman–Crippen LogP) is 2.98. The van der Waals surface area contributed by atoms with Crippen LogP contribution in [0.15, 0.2) is 59.7 Å². The number of rotatable bonds is 6. The summed E-state index contributed by atoms with van der Waals surface area (Å²) in [5.41, 5.74) is 1.65. The lowest BCUT2D eigenvalue weighted by Crippen LogP contribution is -2.32. The smallest absolute Gasteiger partial charge is 0.279 e. The Morgan fingerprint density at radius 2 is 1.89 bits per heavy atom. The van der Waals surface area contributed by atoms with Gasteiger partial charge < -0.3 is 10.1 Å². The number of nitrogens with one attached hydrogen (secondary N) is 1. The third kappa shape index (κ3) is 3.93. The molecule has 0 bridgehead atoms. The Balaban J connectivity index is 1.73. The molecule has 0 radical (unpaired) electrons. The van der Waals surface area contributed by atoms with Gasteiger partial charge in [-0.15, -0.1) is 0 Å². The Labute approximate surface area is 162 Å². The first-order valence-electron chi connectivity index (χ1n) is 9.12. The van der Waals surface area contributed by atoms with Gasteiger partial charge in [-0.05, 0) is 61.2 Å². The zero-order valence-electron chi connectivity index (χ0n) is 15.5. The van der Waals surface area contributed by atoms with E-state index in [1.165, 1.54) is 4.68 Å². The van der Waals surface area contributed by atoms with Gasteiger partial charge in [0.2, 0.25) is 0 Å². The number of carbonyl (C=O) groups is 1. The summed E-state index contributed by atoms with van der Waals surface area (Å²) in [6.07, 6.45) is 5.32. The van der Waals surface area contributed by atoms with Crippen LogP contribution in [0.2, 0.25) is 0 Å². The topological polar surface area (TPSA) is 86.1 Å². The number of anilines is 1. The summed E-state index contributed by atoms with van der Waals surface area (Å²) >= 11 is 0. The molecule has 7 heteroatoms. The van der Waals surface area contributed by atoms with E-state index in [9.17, 15) is 9.59 Å². The highest BCUT2D eigenvalue weighted by Crippen LogP contribution is 2.30. The van der Waals surface area contributed by atoms with Gasteiger partial charge in [0.15, 0.2) is 0 Å². The first-order chi connectivity index (χ1) is 13.6. The van der Waals surface area contributed by atoms with Crippen LogP contribution in [0.5, 0.6) is 5.75 Å². The van der Waals surface area contributed by atoms with E-state index >= 15 is 0 Å². The molecule has 0 spiro atoms. The second kappa shape index (κ2) is 7.64. The second-order valence-electron chi connectivity index (χ2n) is 6.79.